The Hall–Kier alpha value is -7.13. The van der Waals surface area contributed by atoms with E-state index in [0.29, 0.717) is 5.56 Å². The maximum Gasteiger partial charge on any atom is 0.0991 e. The number of aryl methyl sites for hydroxylation is 2. The van der Waals surface area contributed by atoms with E-state index in [9.17, 15) is 5.26 Å². The number of aromatic nitrogens is 2. The second kappa shape index (κ2) is 12.5. The van der Waals surface area contributed by atoms with Crippen molar-refractivity contribution in [2.75, 3.05) is 4.90 Å². The topological polar surface area (TPSA) is 36.9 Å². The zero-order chi connectivity index (χ0) is 37.5. The Morgan fingerprint density at radius 1 is 0.429 bits per heavy atom. The number of fused-ring (bicyclic) bond motifs is 9. The predicted octanol–water partition coefficient (Wildman–Crippen LogP) is 14.2. The first-order chi connectivity index (χ1) is 27.5. The van der Waals surface area contributed by atoms with Crippen molar-refractivity contribution in [2.45, 2.75) is 13.8 Å². The van der Waals surface area contributed by atoms with Crippen LogP contribution >= 0.6 is 11.3 Å². The lowest BCUT2D eigenvalue weighted by Gasteiger charge is -2.26. The lowest BCUT2D eigenvalue weighted by Crippen LogP contribution is -2.10. The first-order valence-corrected chi connectivity index (χ1v) is 19.7. The molecule has 264 valence electrons. The third kappa shape index (κ3) is 4.97. The predicted molar refractivity (Wildman–Crippen MR) is 237 cm³/mol. The average Bonchev–Trinajstić information content (AvgIpc) is 3.88. The van der Waals surface area contributed by atoms with E-state index < -0.39 is 0 Å². The van der Waals surface area contributed by atoms with Crippen LogP contribution in [-0.2, 0) is 0 Å². The third-order valence-electron chi connectivity index (χ3n) is 11.2. The van der Waals surface area contributed by atoms with Crippen LogP contribution in [0.4, 0.5) is 17.1 Å². The van der Waals surface area contributed by atoms with Crippen molar-refractivity contribution in [3.63, 3.8) is 0 Å². The summed E-state index contributed by atoms with van der Waals surface area (Å²) in [5.74, 6) is 0. The van der Waals surface area contributed by atoms with E-state index in [1.54, 1.807) is 0 Å². The lowest BCUT2D eigenvalue weighted by molar-refractivity contribution is 1.17. The van der Waals surface area contributed by atoms with Crippen molar-refractivity contribution in [2.24, 2.45) is 0 Å². The van der Waals surface area contributed by atoms with Gasteiger partial charge in [-0.05, 0) is 135 Å². The van der Waals surface area contributed by atoms with E-state index >= 15 is 0 Å². The van der Waals surface area contributed by atoms with Gasteiger partial charge in [0.25, 0.3) is 0 Å². The third-order valence-corrected chi connectivity index (χ3v) is 12.4. The highest BCUT2D eigenvalue weighted by atomic mass is 32.1. The fourth-order valence-corrected chi connectivity index (χ4v) is 9.74. The van der Waals surface area contributed by atoms with Crippen molar-refractivity contribution in [1.82, 2.24) is 9.13 Å². The maximum atomic E-state index is 9.66. The number of nitrogens with zero attached hydrogens (tertiary/aromatic N) is 4. The van der Waals surface area contributed by atoms with Gasteiger partial charge in [-0.1, -0.05) is 59.7 Å². The molecule has 0 bridgehead atoms. The van der Waals surface area contributed by atoms with Gasteiger partial charge in [-0.15, -0.1) is 11.3 Å². The molecule has 0 spiro atoms. The minimum absolute atomic E-state index is 0.663. The number of thiophene rings is 1. The monoisotopic (exact) mass is 734 g/mol. The van der Waals surface area contributed by atoms with Crippen LogP contribution in [0.1, 0.15) is 16.7 Å². The molecule has 0 amide bonds. The maximum absolute atomic E-state index is 9.66. The number of rotatable bonds is 5. The summed E-state index contributed by atoms with van der Waals surface area (Å²) < 4.78 is 7.27. The SMILES string of the molecule is Cc1ccc2c(c1)c1cc(C)ccc1n2-c1ccc(N(c2ccc(-n3c4ccccc4c4cc(C#N)ccc43)cc2)c2ccc3sc4ccccc4c3c2)cc1. The molecule has 0 radical (unpaired) electrons. The molecule has 0 aliphatic rings. The highest BCUT2D eigenvalue weighted by molar-refractivity contribution is 7.25. The van der Waals surface area contributed by atoms with E-state index in [1.165, 1.54) is 53.1 Å². The molecule has 0 unspecified atom stereocenters. The summed E-state index contributed by atoms with van der Waals surface area (Å²) in [4.78, 5) is 2.36. The normalized spacial score (nSPS) is 11.7. The largest absolute Gasteiger partial charge is 0.310 e. The van der Waals surface area contributed by atoms with Crippen LogP contribution in [0.25, 0.3) is 75.2 Å². The van der Waals surface area contributed by atoms with E-state index in [1.807, 2.05) is 23.5 Å². The second-order valence-electron chi connectivity index (χ2n) is 14.7. The molecular formula is C51H34N4S. The van der Waals surface area contributed by atoms with Gasteiger partial charge in [-0.3, -0.25) is 0 Å². The van der Waals surface area contributed by atoms with Gasteiger partial charge in [0.15, 0.2) is 0 Å². The molecule has 56 heavy (non-hydrogen) atoms. The van der Waals surface area contributed by atoms with E-state index in [0.717, 1.165) is 50.2 Å². The fraction of sp³-hybridized carbons (Fsp3) is 0.0392. The van der Waals surface area contributed by atoms with Crippen LogP contribution in [0.5, 0.6) is 0 Å². The molecule has 4 nitrogen and oxygen atoms in total. The summed E-state index contributed by atoms with van der Waals surface area (Å²) in [7, 11) is 0. The zero-order valence-electron chi connectivity index (χ0n) is 30.9. The van der Waals surface area contributed by atoms with E-state index in [-0.39, 0.29) is 0 Å². The van der Waals surface area contributed by atoms with Gasteiger partial charge >= 0.3 is 0 Å². The molecule has 0 aliphatic carbocycles. The summed E-state index contributed by atoms with van der Waals surface area (Å²) in [5.41, 5.74) is 13.2. The number of benzene rings is 8. The Balaban J connectivity index is 1.07. The zero-order valence-corrected chi connectivity index (χ0v) is 31.7. The number of anilines is 3. The van der Waals surface area contributed by atoms with Crippen molar-refractivity contribution >= 4 is 92.2 Å². The summed E-state index contributed by atoms with van der Waals surface area (Å²) >= 11 is 1.84. The minimum atomic E-state index is 0.663. The highest BCUT2D eigenvalue weighted by Gasteiger charge is 2.19. The van der Waals surface area contributed by atoms with Crippen molar-refractivity contribution in [3.8, 4) is 17.4 Å². The number of nitriles is 1. The Morgan fingerprint density at radius 3 is 1.55 bits per heavy atom. The number of para-hydroxylation sites is 1. The van der Waals surface area contributed by atoms with Crippen LogP contribution in [0, 0.1) is 25.2 Å². The molecule has 0 N–H and O–H groups in total. The summed E-state index contributed by atoms with van der Waals surface area (Å²) in [6.07, 6.45) is 0. The Bertz CT molecular complexity index is 3330. The van der Waals surface area contributed by atoms with Crippen molar-refractivity contribution in [1.29, 1.82) is 5.26 Å². The molecule has 0 atom stereocenters. The Labute approximate surface area is 327 Å². The summed E-state index contributed by atoms with van der Waals surface area (Å²) in [5, 5.41) is 17.0. The highest BCUT2D eigenvalue weighted by Crippen LogP contribution is 2.42. The van der Waals surface area contributed by atoms with Crippen molar-refractivity contribution in [3.05, 3.63) is 187 Å². The van der Waals surface area contributed by atoms with Crippen LogP contribution in [0.15, 0.2) is 170 Å². The first kappa shape index (κ1) is 32.3. The smallest absolute Gasteiger partial charge is 0.0991 e. The average molecular weight is 735 g/mol. The molecule has 5 heteroatoms. The van der Waals surface area contributed by atoms with Gasteiger partial charge in [-0.25, -0.2) is 0 Å². The standard InChI is InChI=1S/C51H34N4S/c1-32-11-23-47-42(27-32)43-28-33(2)12-24-48(43)55(47)38-20-16-36(17-21-38)53(39-22-26-51-45(30-39)41-8-4-6-10-50(41)56-51)35-14-18-37(19-15-35)54-46-9-5-3-7-40(46)44-29-34(31-52)13-25-49(44)54/h3-30H,1-2H3. The van der Waals surface area contributed by atoms with Crippen LogP contribution in [-0.4, -0.2) is 9.13 Å². The second-order valence-corrected chi connectivity index (χ2v) is 15.8. The molecule has 8 aromatic carbocycles. The van der Waals surface area contributed by atoms with Gasteiger partial charge in [-0.2, -0.15) is 5.26 Å². The molecule has 0 aliphatic heterocycles. The first-order valence-electron chi connectivity index (χ1n) is 18.9. The van der Waals surface area contributed by atoms with Gasteiger partial charge in [0.1, 0.15) is 0 Å². The van der Waals surface area contributed by atoms with E-state index in [2.05, 4.69) is 192 Å². The van der Waals surface area contributed by atoms with Gasteiger partial charge in [0.2, 0.25) is 0 Å². The van der Waals surface area contributed by atoms with E-state index in [4.69, 9.17) is 0 Å². The Kier molecular flexibility index (Phi) is 7.19. The van der Waals surface area contributed by atoms with Gasteiger partial charge in [0.05, 0.1) is 33.7 Å². The number of hydrogen-bond acceptors (Lipinski definition) is 3. The van der Waals surface area contributed by atoms with Crippen LogP contribution in [0.2, 0.25) is 0 Å². The molecular weight excluding hydrogens is 701 g/mol. The lowest BCUT2D eigenvalue weighted by atomic mass is 10.1. The van der Waals surface area contributed by atoms with Crippen LogP contribution < -0.4 is 4.90 Å². The van der Waals surface area contributed by atoms with Crippen LogP contribution in [0.3, 0.4) is 0 Å². The molecule has 3 aromatic heterocycles. The molecule has 0 saturated carbocycles. The van der Waals surface area contributed by atoms with Gasteiger partial charge < -0.3 is 14.0 Å². The number of hydrogen-bond donors (Lipinski definition) is 0. The summed E-state index contributed by atoms with van der Waals surface area (Å²) in [6.45, 7) is 4.33. The minimum Gasteiger partial charge on any atom is -0.310 e. The molecule has 11 aromatic rings. The molecule has 3 heterocycles. The summed E-state index contributed by atoms with van der Waals surface area (Å²) in [6, 6.07) is 63.7. The molecule has 0 fully saturated rings. The van der Waals surface area contributed by atoms with Gasteiger partial charge in [0, 0.05) is 70.2 Å². The quantitative estimate of drug-likeness (QED) is 0.177. The van der Waals surface area contributed by atoms with Crippen molar-refractivity contribution < 1.29 is 0 Å². The molecule has 0 saturated heterocycles. The Morgan fingerprint density at radius 2 is 0.929 bits per heavy atom. The molecule has 11 rings (SSSR count). The fourth-order valence-electron chi connectivity index (χ4n) is 8.65.